The molecule has 2 N–H and O–H groups in total. The lowest BCUT2D eigenvalue weighted by molar-refractivity contribution is -0.384. The van der Waals surface area contributed by atoms with E-state index in [1.807, 2.05) is 19.0 Å². The number of carbonyl (C=O) groups excluding carboxylic acids is 1. The van der Waals surface area contributed by atoms with Crippen molar-refractivity contribution in [3.63, 3.8) is 0 Å². The van der Waals surface area contributed by atoms with E-state index >= 15 is 0 Å². The molecule has 0 saturated carbocycles. The number of hydrogen-bond donors (Lipinski definition) is 1. The summed E-state index contributed by atoms with van der Waals surface area (Å²) in [4.78, 5) is 25.8. The third kappa shape index (κ3) is 4.06. The van der Waals surface area contributed by atoms with Crippen molar-refractivity contribution in [3.8, 4) is 5.75 Å². The molecule has 1 aromatic rings. The van der Waals surface area contributed by atoms with Crippen molar-refractivity contribution < 1.29 is 14.5 Å². The van der Waals surface area contributed by atoms with Crippen LogP contribution in [-0.4, -0.2) is 50.5 Å². The molecule has 0 aliphatic carbocycles. The number of anilines is 2. The zero-order valence-corrected chi connectivity index (χ0v) is 12.6. The predicted molar refractivity (Wildman–Crippen MR) is 80.6 cm³/mol. The lowest BCUT2D eigenvalue weighted by Gasteiger charge is -2.19. The minimum absolute atomic E-state index is 0.155. The van der Waals surface area contributed by atoms with Gasteiger partial charge in [0.2, 0.25) is 5.91 Å². The largest absolute Gasteiger partial charge is 0.495 e. The first-order valence-electron chi connectivity index (χ1n) is 6.31. The first-order chi connectivity index (χ1) is 9.77. The van der Waals surface area contributed by atoms with Gasteiger partial charge in [0.1, 0.15) is 11.4 Å². The third-order valence-corrected chi connectivity index (χ3v) is 3.03. The van der Waals surface area contributed by atoms with Crippen LogP contribution in [0.25, 0.3) is 0 Å². The van der Waals surface area contributed by atoms with Gasteiger partial charge in [0.25, 0.3) is 5.69 Å². The second-order valence-electron chi connectivity index (χ2n) is 4.85. The van der Waals surface area contributed by atoms with Crippen molar-refractivity contribution in [3.05, 3.63) is 22.2 Å². The summed E-state index contributed by atoms with van der Waals surface area (Å²) in [7, 11) is 6.61. The van der Waals surface area contributed by atoms with Crippen LogP contribution in [0, 0.1) is 10.1 Å². The Morgan fingerprint density at radius 1 is 1.38 bits per heavy atom. The number of nitro groups is 1. The molecule has 0 aromatic heterocycles. The third-order valence-electron chi connectivity index (χ3n) is 3.03. The van der Waals surface area contributed by atoms with Crippen LogP contribution in [0.4, 0.5) is 17.1 Å². The summed E-state index contributed by atoms with van der Waals surface area (Å²) < 4.78 is 5.05. The Balaban J connectivity index is 3.14. The van der Waals surface area contributed by atoms with E-state index in [2.05, 4.69) is 0 Å². The highest BCUT2D eigenvalue weighted by atomic mass is 16.6. The summed E-state index contributed by atoms with van der Waals surface area (Å²) in [6.07, 6.45) is 0.257. The molecule has 116 valence electrons. The number of methoxy groups -OCH3 is 1. The fourth-order valence-corrected chi connectivity index (χ4v) is 1.79. The number of amides is 1. The molecule has 8 heteroatoms. The molecule has 0 radical (unpaired) electrons. The van der Waals surface area contributed by atoms with Gasteiger partial charge < -0.3 is 20.3 Å². The van der Waals surface area contributed by atoms with Crippen LogP contribution in [0.2, 0.25) is 0 Å². The second-order valence-corrected chi connectivity index (χ2v) is 4.85. The normalized spacial score (nSPS) is 10.5. The van der Waals surface area contributed by atoms with Crippen LogP contribution >= 0.6 is 0 Å². The van der Waals surface area contributed by atoms with E-state index < -0.39 is 4.92 Å². The summed E-state index contributed by atoms with van der Waals surface area (Å²) in [6.45, 7) is 0.559. The predicted octanol–water partition coefficient (Wildman–Crippen LogP) is 1.10. The Kier molecular flexibility index (Phi) is 5.48. The maximum atomic E-state index is 12.1. The lowest BCUT2D eigenvalue weighted by Crippen LogP contribution is -2.30. The molecule has 0 heterocycles. The fraction of sp³-hybridized carbons (Fsp3) is 0.462. The number of carbonyl (C=O) groups is 1. The maximum absolute atomic E-state index is 12.1. The second kappa shape index (κ2) is 6.89. The quantitative estimate of drug-likeness (QED) is 0.479. The van der Waals surface area contributed by atoms with Gasteiger partial charge in [0.05, 0.1) is 17.7 Å². The van der Waals surface area contributed by atoms with Crippen LogP contribution in [0.3, 0.4) is 0 Å². The zero-order chi connectivity index (χ0) is 16.2. The first kappa shape index (κ1) is 16.7. The summed E-state index contributed by atoms with van der Waals surface area (Å²) >= 11 is 0. The van der Waals surface area contributed by atoms with Crippen molar-refractivity contribution in [2.45, 2.75) is 6.42 Å². The average Bonchev–Trinajstić information content (AvgIpc) is 2.43. The summed E-state index contributed by atoms with van der Waals surface area (Å²) in [5.41, 5.74) is 5.76. The van der Waals surface area contributed by atoms with E-state index in [-0.39, 0.29) is 29.4 Å². The molecule has 0 bridgehead atoms. The van der Waals surface area contributed by atoms with Gasteiger partial charge in [-0.1, -0.05) is 0 Å². The maximum Gasteiger partial charge on any atom is 0.295 e. The van der Waals surface area contributed by atoms with Crippen molar-refractivity contribution in [2.75, 3.05) is 45.4 Å². The van der Waals surface area contributed by atoms with Crippen LogP contribution in [0.5, 0.6) is 5.75 Å². The standard InChI is InChI=1S/C13H20N4O4/c1-15(2)6-5-13(18)16(3)10-8-12(21-4)9(14)7-11(10)17(19)20/h7-8H,5-6,14H2,1-4H3. The fourth-order valence-electron chi connectivity index (χ4n) is 1.79. The summed E-state index contributed by atoms with van der Waals surface area (Å²) in [5.74, 6) is 0.0708. The minimum Gasteiger partial charge on any atom is -0.495 e. The number of rotatable bonds is 6. The number of nitrogen functional groups attached to an aromatic ring is 1. The molecule has 0 aliphatic heterocycles. The van der Waals surface area contributed by atoms with E-state index in [1.54, 1.807) is 0 Å². The molecule has 0 spiro atoms. The van der Waals surface area contributed by atoms with Crippen molar-refractivity contribution in [2.24, 2.45) is 0 Å². The van der Waals surface area contributed by atoms with Gasteiger partial charge in [-0.3, -0.25) is 14.9 Å². The Hall–Kier alpha value is -2.35. The number of nitrogens with two attached hydrogens (primary N) is 1. The highest BCUT2D eigenvalue weighted by Gasteiger charge is 2.24. The highest BCUT2D eigenvalue weighted by molar-refractivity contribution is 5.96. The number of hydrogen-bond acceptors (Lipinski definition) is 6. The van der Waals surface area contributed by atoms with E-state index in [0.29, 0.717) is 12.3 Å². The number of nitrogens with zero attached hydrogens (tertiary/aromatic N) is 3. The van der Waals surface area contributed by atoms with Crippen molar-refractivity contribution in [1.29, 1.82) is 0 Å². The smallest absolute Gasteiger partial charge is 0.295 e. The summed E-state index contributed by atoms with van der Waals surface area (Å²) in [5, 5.41) is 11.1. The molecule has 0 atom stereocenters. The minimum atomic E-state index is -0.569. The number of benzene rings is 1. The molecule has 21 heavy (non-hydrogen) atoms. The molecule has 0 fully saturated rings. The van der Waals surface area contributed by atoms with Crippen LogP contribution in [-0.2, 0) is 4.79 Å². The van der Waals surface area contributed by atoms with Crippen LogP contribution < -0.4 is 15.4 Å². The first-order valence-corrected chi connectivity index (χ1v) is 6.31. The molecule has 0 saturated heterocycles. The molecule has 1 rings (SSSR count). The van der Waals surface area contributed by atoms with E-state index in [0.717, 1.165) is 0 Å². The van der Waals surface area contributed by atoms with E-state index in [1.165, 1.54) is 31.2 Å². The number of ether oxygens (including phenoxy) is 1. The lowest BCUT2D eigenvalue weighted by atomic mass is 10.2. The van der Waals surface area contributed by atoms with Gasteiger partial charge >= 0.3 is 0 Å². The van der Waals surface area contributed by atoms with Gasteiger partial charge in [-0.05, 0) is 14.1 Å². The molecule has 0 aliphatic rings. The molecular weight excluding hydrogens is 276 g/mol. The Bertz CT molecular complexity index is 545. The topological polar surface area (TPSA) is 102 Å². The molecule has 8 nitrogen and oxygen atoms in total. The van der Waals surface area contributed by atoms with Gasteiger partial charge in [0.15, 0.2) is 0 Å². The van der Waals surface area contributed by atoms with Crippen molar-refractivity contribution in [1.82, 2.24) is 4.90 Å². The van der Waals surface area contributed by atoms with Gasteiger partial charge in [0, 0.05) is 32.1 Å². The Labute approximate surface area is 123 Å². The van der Waals surface area contributed by atoms with Crippen molar-refractivity contribution >= 4 is 23.0 Å². The highest BCUT2D eigenvalue weighted by Crippen LogP contribution is 2.36. The van der Waals surface area contributed by atoms with Crippen LogP contribution in [0.1, 0.15) is 6.42 Å². The van der Waals surface area contributed by atoms with Gasteiger partial charge in [-0.25, -0.2) is 0 Å². The van der Waals surface area contributed by atoms with Gasteiger partial charge in [-0.15, -0.1) is 0 Å². The van der Waals surface area contributed by atoms with Gasteiger partial charge in [-0.2, -0.15) is 0 Å². The molecular formula is C13H20N4O4. The SMILES string of the molecule is COc1cc(N(C)C(=O)CCN(C)C)c([N+](=O)[O-])cc1N. The average molecular weight is 296 g/mol. The molecule has 1 amide bonds. The number of nitro benzene ring substituents is 1. The van der Waals surface area contributed by atoms with Crippen LogP contribution in [0.15, 0.2) is 12.1 Å². The Morgan fingerprint density at radius 3 is 2.48 bits per heavy atom. The van der Waals surface area contributed by atoms with E-state index in [4.69, 9.17) is 10.5 Å². The Morgan fingerprint density at radius 2 is 2.00 bits per heavy atom. The monoisotopic (exact) mass is 296 g/mol. The molecule has 1 aromatic carbocycles. The zero-order valence-electron chi connectivity index (χ0n) is 12.6. The summed E-state index contributed by atoms with van der Waals surface area (Å²) in [6, 6.07) is 2.60. The molecule has 0 unspecified atom stereocenters. The van der Waals surface area contributed by atoms with E-state index in [9.17, 15) is 14.9 Å².